The number of hydrazine groups is 1. The van der Waals surface area contributed by atoms with Crippen LogP contribution in [0.3, 0.4) is 0 Å². The topological polar surface area (TPSA) is 101 Å². The highest BCUT2D eigenvalue weighted by molar-refractivity contribution is 7.98. The van der Waals surface area contributed by atoms with Crippen molar-refractivity contribution in [3.63, 3.8) is 0 Å². The first-order chi connectivity index (χ1) is 8.88. The summed E-state index contributed by atoms with van der Waals surface area (Å²) in [4.78, 5) is 13.4. The van der Waals surface area contributed by atoms with Crippen molar-refractivity contribution in [2.75, 3.05) is 12.0 Å². The van der Waals surface area contributed by atoms with Gasteiger partial charge in [0.25, 0.3) is 10.0 Å². The minimum Gasteiger partial charge on any atom is -0.360 e. The first kappa shape index (κ1) is 16.0. The van der Waals surface area contributed by atoms with E-state index in [0.717, 1.165) is 5.75 Å². The van der Waals surface area contributed by atoms with Crippen LogP contribution in [0.15, 0.2) is 9.42 Å². The lowest BCUT2D eigenvalue weighted by molar-refractivity contribution is -0.121. The van der Waals surface area contributed by atoms with Gasteiger partial charge in [0.1, 0.15) is 10.6 Å². The molecule has 0 saturated carbocycles. The number of sulfonamides is 1. The Balaban J connectivity index is 2.59. The van der Waals surface area contributed by atoms with Gasteiger partial charge in [-0.3, -0.25) is 10.2 Å². The highest BCUT2D eigenvalue weighted by Crippen LogP contribution is 2.17. The molecule has 0 radical (unpaired) electrons. The third-order valence-electron chi connectivity index (χ3n) is 2.31. The second-order valence-corrected chi connectivity index (χ2v) is 6.51. The zero-order valence-corrected chi connectivity index (χ0v) is 12.7. The molecular formula is C10H17N3O4S2. The molecule has 2 N–H and O–H groups in total. The number of amides is 1. The fourth-order valence-corrected chi connectivity index (χ4v) is 3.10. The maximum atomic E-state index is 11.9. The van der Waals surface area contributed by atoms with E-state index in [1.165, 1.54) is 13.8 Å². The molecule has 0 aliphatic carbocycles. The van der Waals surface area contributed by atoms with Gasteiger partial charge in [0.05, 0.1) is 0 Å². The Morgan fingerprint density at radius 1 is 1.42 bits per heavy atom. The van der Waals surface area contributed by atoms with E-state index in [0.29, 0.717) is 6.42 Å². The van der Waals surface area contributed by atoms with Crippen LogP contribution in [-0.4, -0.2) is 31.5 Å². The molecule has 7 nitrogen and oxygen atoms in total. The Morgan fingerprint density at radius 3 is 2.63 bits per heavy atom. The molecular weight excluding hydrogens is 290 g/mol. The third-order valence-corrected chi connectivity index (χ3v) is 4.50. The molecule has 0 spiro atoms. The Hall–Kier alpha value is -1.06. The molecule has 1 rings (SSSR count). The Labute approximate surface area is 116 Å². The number of aromatic nitrogens is 1. The Bertz CT molecular complexity index is 519. The molecule has 0 fully saturated rings. The van der Waals surface area contributed by atoms with Crippen LogP contribution in [-0.2, 0) is 14.8 Å². The summed E-state index contributed by atoms with van der Waals surface area (Å²) in [5.41, 5.74) is 2.42. The van der Waals surface area contributed by atoms with Gasteiger partial charge in [0, 0.05) is 6.42 Å². The molecule has 9 heteroatoms. The quantitative estimate of drug-likeness (QED) is 0.569. The van der Waals surface area contributed by atoms with Gasteiger partial charge in [0.15, 0.2) is 5.76 Å². The van der Waals surface area contributed by atoms with Crippen molar-refractivity contribution in [2.24, 2.45) is 0 Å². The molecule has 1 amide bonds. The first-order valence-electron chi connectivity index (χ1n) is 5.61. The minimum atomic E-state index is -3.85. The fraction of sp³-hybridized carbons (Fsp3) is 0.600. The number of nitrogens with one attached hydrogen (secondary N) is 2. The average Bonchev–Trinajstić information content (AvgIpc) is 2.67. The lowest BCUT2D eigenvalue weighted by Gasteiger charge is -2.07. The second kappa shape index (κ2) is 6.92. The van der Waals surface area contributed by atoms with Crippen LogP contribution in [0.2, 0.25) is 0 Å². The molecule has 1 aromatic heterocycles. The second-order valence-electron chi connectivity index (χ2n) is 3.90. The van der Waals surface area contributed by atoms with Gasteiger partial charge < -0.3 is 4.52 Å². The fourth-order valence-electron chi connectivity index (χ4n) is 1.47. The van der Waals surface area contributed by atoms with Crippen molar-refractivity contribution in [1.82, 2.24) is 15.4 Å². The number of rotatable bonds is 7. The molecule has 1 aromatic rings. The normalized spacial score (nSPS) is 11.5. The summed E-state index contributed by atoms with van der Waals surface area (Å²) in [6.07, 6.45) is 2.91. The Morgan fingerprint density at radius 2 is 2.11 bits per heavy atom. The largest absolute Gasteiger partial charge is 0.360 e. The molecule has 0 aliphatic heterocycles. The van der Waals surface area contributed by atoms with Crippen molar-refractivity contribution < 1.29 is 17.7 Å². The summed E-state index contributed by atoms with van der Waals surface area (Å²) in [7, 11) is -3.85. The Kier molecular flexibility index (Phi) is 5.83. The predicted octanol–water partition coefficient (Wildman–Crippen LogP) is 0.744. The number of carbonyl (C=O) groups is 1. The molecule has 0 unspecified atom stereocenters. The predicted molar refractivity (Wildman–Crippen MR) is 72.1 cm³/mol. The zero-order chi connectivity index (χ0) is 14.5. The van der Waals surface area contributed by atoms with Gasteiger partial charge in [-0.2, -0.15) is 11.8 Å². The van der Waals surface area contributed by atoms with Crippen LogP contribution in [0.1, 0.15) is 24.3 Å². The average molecular weight is 307 g/mol. The number of thioether (sulfide) groups is 1. The number of carbonyl (C=O) groups excluding carboxylic acids is 1. The maximum absolute atomic E-state index is 11.9. The van der Waals surface area contributed by atoms with Gasteiger partial charge in [-0.15, -0.1) is 4.83 Å². The molecule has 108 valence electrons. The summed E-state index contributed by atoms with van der Waals surface area (Å²) >= 11 is 1.63. The summed E-state index contributed by atoms with van der Waals surface area (Å²) in [5.74, 6) is 0.662. The smallest absolute Gasteiger partial charge is 0.262 e. The van der Waals surface area contributed by atoms with Crippen LogP contribution in [0.5, 0.6) is 0 Å². The van der Waals surface area contributed by atoms with E-state index < -0.39 is 10.0 Å². The van der Waals surface area contributed by atoms with E-state index in [2.05, 4.69) is 10.6 Å². The molecule has 1 heterocycles. The van der Waals surface area contributed by atoms with Crippen molar-refractivity contribution in [2.45, 2.75) is 31.6 Å². The lowest BCUT2D eigenvalue weighted by Crippen LogP contribution is -2.41. The number of nitrogens with zero attached hydrogens (tertiary/aromatic N) is 1. The summed E-state index contributed by atoms with van der Waals surface area (Å²) in [6, 6.07) is 0. The number of hydrogen-bond donors (Lipinski definition) is 2. The summed E-state index contributed by atoms with van der Waals surface area (Å²) < 4.78 is 28.7. The van der Waals surface area contributed by atoms with Crippen LogP contribution >= 0.6 is 11.8 Å². The highest BCUT2D eigenvalue weighted by Gasteiger charge is 2.24. The number of hydrogen-bond acceptors (Lipinski definition) is 6. The molecule has 0 saturated heterocycles. The number of aryl methyl sites for hydroxylation is 2. The highest BCUT2D eigenvalue weighted by atomic mass is 32.2. The van der Waals surface area contributed by atoms with E-state index in [1.807, 2.05) is 11.1 Å². The standard InChI is InChI=1S/C10H17N3O4S2/c1-7-10(8(2)17-12-7)19(15,16)13-11-9(14)5-4-6-18-3/h13H,4-6H2,1-3H3,(H,11,14). The van der Waals surface area contributed by atoms with Crippen LogP contribution in [0.25, 0.3) is 0 Å². The van der Waals surface area contributed by atoms with Gasteiger partial charge in [-0.25, -0.2) is 8.42 Å². The monoisotopic (exact) mass is 307 g/mol. The molecule has 0 aromatic carbocycles. The summed E-state index contributed by atoms with van der Waals surface area (Å²) in [5, 5.41) is 3.56. The zero-order valence-electron chi connectivity index (χ0n) is 11.0. The molecule has 0 bridgehead atoms. The lowest BCUT2D eigenvalue weighted by atomic mass is 10.3. The first-order valence-corrected chi connectivity index (χ1v) is 8.48. The van der Waals surface area contributed by atoms with E-state index in [1.54, 1.807) is 11.8 Å². The van der Waals surface area contributed by atoms with E-state index in [9.17, 15) is 13.2 Å². The van der Waals surface area contributed by atoms with E-state index >= 15 is 0 Å². The third kappa shape index (κ3) is 4.51. The van der Waals surface area contributed by atoms with Crippen molar-refractivity contribution in [3.05, 3.63) is 11.5 Å². The van der Waals surface area contributed by atoms with Crippen LogP contribution in [0, 0.1) is 13.8 Å². The van der Waals surface area contributed by atoms with Crippen LogP contribution in [0.4, 0.5) is 0 Å². The van der Waals surface area contributed by atoms with Gasteiger partial charge in [-0.1, -0.05) is 5.16 Å². The van der Waals surface area contributed by atoms with Crippen LogP contribution < -0.4 is 10.3 Å². The minimum absolute atomic E-state index is 0.0445. The van der Waals surface area contributed by atoms with Gasteiger partial charge >= 0.3 is 0 Å². The van der Waals surface area contributed by atoms with E-state index in [-0.39, 0.29) is 28.7 Å². The molecule has 19 heavy (non-hydrogen) atoms. The van der Waals surface area contributed by atoms with Gasteiger partial charge in [-0.05, 0) is 32.3 Å². The van der Waals surface area contributed by atoms with E-state index in [4.69, 9.17) is 4.52 Å². The van der Waals surface area contributed by atoms with Gasteiger partial charge in [0.2, 0.25) is 5.91 Å². The SMILES string of the molecule is CSCCCC(=O)NNS(=O)(=O)c1c(C)noc1C. The van der Waals surface area contributed by atoms with Crippen molar-refractivity contribution >= 4 is 27.7 Å². The summed E-state index contributed by atoms with van der Waals surface area (Å²) in [6.45, 7) is 3.01. The maximum Gasteiger partial charge on any atom is 0.262 e. The van der Waals surface area contributed by atoms with Crippen molar-refractivity contribution in [3.8, 4) is 0 Å². The molecule has 0 aliphatic rings. The molecule has 0 atom stereocenters. The van der Waals surface area contributed by atoms with Crippen molar-refractivity contribution in [1.29, 1.82) is 0 Å².